The molecular weight excluding hydrogens is 415 g/mol. The molecule has 0 unspecified atom stereocenters. The highest BCUT2D eigenvalue weighted by Gasteiger charge is 2.28. The first-order valence-corrected chi connectivity index (χ1v) is 10.7. The maximum Gasteiger partial charge on any atom is 0.185 e. The van der Waals surface area contributed by atoms with Crippen LogP contribution in [0, 0.1) is 23.4 Å². The van der Waals surface area contributed by atoms with E-state index in [1.54, 1.807) is 12.4 Å². The van der Waals surface area contributed by atoms with Crippen LogP contribution >= 0.6 is 0 Å². The molecule has 1 aliphatic rings. The lowest BCUT2D eigenvalue weighted by Crippen LogP contribution is -2.31. The smallest absolute Gasteiger partial charge is 0.185 e. The molecule has 166 valence electrons. The normalized spacial score (nSPS) is 20.8. The van der Waals surface area contributed by atoms with E-state index in [1.807, 2.05) is 6.07 Å². The SMILES string of the molecule is C[C@@H]1C[C@H](N)C[C@H](c2ccncc2CC(=O)c2ccc(F)c(-c3c(F)cccc3F)n2)C1. The number of pyridine rings is 2. The van der Waals surface area contributed by atoms with Gasteiger partial charge in [0.05, 0.1) is 5.56 Å². The molecule has 0 aliphatic heterocycles. The van der Waals surface area contributed by atoms with Crippen molar-refractivity contribution in [1.29, 1.82) is 0 Å². The van der Waals surface area contributed by atoms with Gasteiger partial charge in [-0.2, -0.15) is 0 Å². The first-order chi connectivity index (χ1) is 15.3. The standard InChI is InChI=1S/C25H24F3N3O/c1-14-9-15(11-17(29)10-14)18-7-8-30-13-16(18)12-23(32)22-6-5-21(28)25(31-22)24-19(26)3-2-4-20(24)27/h2-8,13-15,17H,9-12,29H2,1H3/t14-,15+,17-/m0/s1. The van der Waals surface area contributed by atoms with E-state index < -0.39 is 28.7 Å². The predicted molar refractivity (Wildman–Crippen MR) is 116 cm³/mol. The Morgan fingerprint density at radius 1 is 1.03 bits per heavy atom. The minimum atomic E-state index is -0.946. The Balaban J connectivity index is 1.64. The summed E-state index contributed by atoms with van der Waals surface area (Å²) in [6, 6.07) is 7.48. The molecule has 2 heterocycles. The third kappa shape index (κ3) is 4.58. The number of aromatic nitrogens is 2. The maximum absolute atomic E-state index is 14.4. The topological polar surface area (TPSA) is 68.9 Å². The molecule has 1 saturated carbocycles. The quantitative estimate of drug-likeness (QED) is 0.554. The summed E-state index contributed by atoms with van der Waals surface area (Å²) in [6.45, 7) is 2.17. The molecule has 2 N–H and O–H groups in total. The van der Waals surface area contributed by atoms with Gasteiger partial charge in [0.1, 0.15) is 28.8 Å². The van der Waals surface area contributed by atoms with E-state index in [0.717, 1.165) is 48.6 Å². The van der Waals surface area contributed by atoms with Gasteiger partial charge in [-0.3, -0.25) is 9.78 Å². The van der Waals surface area contributed by atoms with Crippen molar-refractivity contribution in [3.05, 3.63) is 83.1 Å². The molecule has 4 rings (SSSR count). The van der Waals surface area contributed by atoms with E-state index in [0.29, 0.717) is 5.92 Å². The Hall–Kier alpha value is -3.06. The summed E-state index contributed by atoms with van der Waals surface area (Å²) in [5, 5.41) is 0. The number of halogens is 3. The number of Topliss-reactive ketones (excluding diaryl/α,β-unsaturated/α-hetero) is 1. The van der Waals surface area contributed by atoms with Crippen molar-refractivity contribution in [3.8, 4) is 11.3 Å². The number of carbonyl (C=O) groups is 1. The van der Waals surface area contributed by atoms with E-state index in [4.69, 9.17) is 5.73 Å². The van der Waals surface area contributed by atoms with Crippen molar-refractivity contribution in [2.24, 2.45) is 11.7 Å². The second kappa shape index (κ2) is 9.20. The van der Waals surface area contributed by atoms with Crippen LogP contribution < -0.4 is 5.73 Å². The third-order valence-electron chi connectivity index (χ3n) is 6.04. The zero-order valence-corrected chi connectivity index (χ0v) is 17.7. The highest BCUT2D eigenvalue weighted by Crippen LogP contribution is 2.37. The van der Waals surface area contributed by atoms with E-state index in [1.165, 1.54) is 12.1 Å². The fourth-order valence-corrected chi connectivity index (χ4v) is 4.65. The van der Waals surface area contributed by atoms with Crippen LogP contribution in [0.1, 0.15) is 53.7 Å². The minimum Gasteiger partial charge on any atom is -0.328 e. The lowest BCUT2D eigenvalue weighted by atomic mass is 9.75. The molecule has 2 aromatic heterocycles. The van der Waals surface area contributed by atoms with Crippen LogP contribution in [-0.4, -0.2) is 21.8 Å². The number of hydrogen-bond acceptors (Lipinski definition) is 4. The van der Waals surface area contributed by atoms with Crippen molar-refractivity contribution < 1.29 is 18.0 Å². The molecule has 3 atom stereocenters. The molecule has 1 aliphatic carbocycles. The Morgan fingerprint density at radius 3 is 2.50 bits per heavy atom. The van der Waals surface area contributed by atoms with Gasteiger partial charge in [-0.15, -0.1) is 0 Å². The van der Waals surface area contributed by atoms with Gasteiger partial charge in [-0.1, -0.05) is 13.0 Å². The van der Waals surface area contributed by atoms with Crippen LogP contribution in [0.2, 0.25) is 0 Å². The molecule has 0 spiro atoms. The zero-order chi connectivity index (χ0) is 22.8. The van der Waals surface area contributed by atoms with Crippen molar-refractivity contribution in [2.75, 3.05) is 0 Å². The molecule has 3 aromatic rings. The van der Waals surface area contributed by atoms with Crippen molar-refractivity contribution >= 4 is 5.78 Å². The van der Waals surface area contributed by atoms with Crippen LogP contribution in [0.15, 0.2) is 48.8 Å². The molecular formula is C25H24F3N3O. The largest absolute Gasteiger partial charge is 0.328 e. The third-order valence-corrected chi connectivity index (χ3v) is 6.04. The Bertz CT molecular complexity index is 1120. The summed E-state index contributed by atoms with van der Waals surface area (Å²) in [7, 11) is 0. The Morgan fingerprint density at radius 2 is 1.78 bits per heavy atom. The molecule has 4 nitrogen and oxygen atoms in total. The Labute approximate surface area is 184 Å². The number of hydrogen-bond donors (Lipinski definition) is 1. The van der Waals surface area contributed by atoms with Crippen molar-refractivity contribution in [2.45, 2.75) is 44.6 Å². The minimum absolute atomic E-state index is 0.00111. The molecule has 0 amide bonds. The molecule has 1 fully saturated rings. The molecule has 7 heteroatoms. The summed E-state index contributed by atoms with van der Waals surface area (Å²) in [6.07, 6.45) is 6.14. The fourth-order valence-electron chi connectivity index (χ4n) is 4.65. The monoisotopic (exact) mass is 439 g/mol. The number of carbonyl (C=O) groups excluding carboxylic acids is 1. The second-order valence-electron chi connectivity index (χ2n) is 8.57. The van der Waals surface area contributed by atoms with E-state index in [9.17, 15) is 18.0 Å². The molecule has 1 aromatic carbocycles. The molecule has 0 radical (unpaired) electrons. The number of nitrogens with zero attached hydrogens (tertiary/aromatic N) is 2. The predicted octanol–water partition coefficient (Wildman–Crippen LogP) is 5.22. The number of rotatable bonds is 5. The highest BCUT2D eigenvalue weighted by molar-refractivity contribution is 5.96. The molecule has 32 heavy (non-hydrogen) atoms. The summed E-state index contributed by atoms with van der Waals surface area (Å²) < 4.78 is 42.7. The number of nitrogens with two attached hydrogens (primary N) is 1. The van der Waals surface area contributed by atoms with Crippen LogP contribution in [0.3, 0.4) is 0 Å². The van der Waals surface area contributed by atoms with Gasteiger partial charge >= 0.3 is 0 Å². The lowest BCUT2D eigenvalue weighted by molar-refractivity contribution is 0.0987. The average molecular weight is 439 g/mol. The average Bonchev–Trinajstić information content (AvgIpc) is 2.74. The number of ketones is 1. The Kier molecular flexibility index (Phi) is 6.37. The zero-order valence-electron chi connectivity index (χ0n) is 17.7. The summed E-state index contributed by atoms with van der Waals surface area (Å²) in [5.74, 6) is -2.47. The van der Waals surface area contributed by atoms with Gasteiger partial charge in [0.15, 0.2) is 5.78 Å². The van der Waals surface area contributed by atoms with E-state index >= 15 is 0 Å². The van der Waals surface area contributed by atoms with Crippen LogP contribution in [-0.2, 0) is 6.42 Å². The van der Waals surface area contributed by atoms with Gasteiger partial charge in [-0.25, -0.2) is 18.2 Å². The number of benzene rings is 1. The van der Waals surface area contributed by atoms with E-state index in [-0.39, 0.29) is 29.9 Å². The van der Waals surface area contributed by atoms with Gasteiger partial charge in [-0.05, 0) is 72.6 Å². The van der Waals surface area contributed by atoms with Gasteiger partial charge in [0.25, 0.3) is 0 Å². The first kappa shape index (κ1) is 22.1. The maximum atomic E-state index is 14.4. The first-order valence-electron chi connectivity index (χ1n) is 10.7. The van der Waals surface area contributed by atoms with Crippen LogP contribution in [0.4, 0.5) is 13.2 Å². The van der Waals surface area contributed by atoms with Crippen molar-refractivity contribution in [1.82, 2.24) is 9.97 Å². The summed E-state index contributed by atoms with van der Waals surface area (Å²) in [4.78, 5) is 21.2. The van der Waals surface area contributed by atoms with Crippen molar-refractivity contribution in [3.63, 3.8) is 0 Å². The summed E-state index contributed by atoms with van der Waals surface area (Å²) >= 11 is 0. The summed E-state index contributed by atoms with van der Waals surface area (Å²) in [5.41, 5.74) is 6.82. The van der Waals surface area contributed by atoms with Crippen LogP contribution in [0.25, 0.3) is 11.3 Å². The molecule has 0 saturated heterocycles. The molecule has 0 bridgehead atoms. The highest BCUT2D eigenvalue weighted by atomic mass is 19.1. The van der Waals surface area contributed by atoms with Crippen LogP contribution in [0.5, 0.6) is 0 Å². The van der Waals surface area contributed by atoms with Gasteiger partial charge < -0.3 is 5.73 Å². The lowest BCUT2D eigenvalue weighted by Gasteiger charge is -2.32. The fraction of sp³-hybridized carbons (Fsp3) is 0.320. The van der Waals surface area contributed by atoms with E-state index in [2.05, 4.69) is 16.9 Å². The van der Waals surface area contributed by atoms with Gasteiger partial charge in [0, 0.05) is 24.9 Å². The second-order valence-corrected chi connectivity index (χ2v) is 8.57. The van der Waals surface area contributed by atoms with Gasteiger partial charge in [0.2, 0.25) is 0 Å².